The van der Waals surface area contributed by atoms with Crippen LogP contribution in [0, 0.1) is 6.92 Å². The molecule has 1 aliphatic heterocycles. The number of ether oxygens (including phenoxy) is 1. The first kappa shape index (κ1) is 16.0. The van der Waals surface area contributed by atoms with Gasteiger partial charge in [-0.2, -0.15) is 4.98 Å². The minimum Gasteiger partial charge on any atom is -0.437 e. The number of H-pyrrole nitrogens is 1. The molecule has 0 fully saturated rings. The van der Waals surface area contributed by atoms with Gasteiger partial charge in [0.05, 0.1) is 17.0 Å². The largest absolute Gasteiger partial charge is 0.437 e. The van der Waals surface area contributed by atoms with Gasteiger partial charge < -0.3 is 9.72 Å². The Kier molecular flexibility index (Phi) is 3.48. The number of aryl methyl sites for hydroxylation is 1. The fourth-order valence-corrected chi connectivity index (χ4v) is 4.55. The van der Waals surface area contributed by atoms with Crippen molar-refractivity contribution in [1.82, 2.24) is 9.97 Å². The summed E-state index contributed by atoms with van der Waals surface area (Å²) < 4.78 is 6.80. The van der Waals surface area contributed by atoms with Crippen molar-refractivity contribution in [2.24, 2.45) is 0 Å². The van der Waals surface area contributed by atoms with Crippen LogP contribution in [0.15, 0.2) is 64.2 Å². The van der Waals surface area contributed by atoms with Crippen LogP contribution in [0.5, 0.6) is 11.6 Å². The van der Waals surface area contributed by atoms with Crippen LogP contribution in [0.4, 0.5) is 0 Å². The lowest BCUT2D eigenvalue weighted by molar-refractivity contribution is 0.433. The molecule has 3 heterocycles. The van der Waals surface area contributed by atoms with Crippen LogP contribution in [0.2, 0.25) is 0 Å². The van der Waals surface area contributed by atoms with Crippen molar-refractivity contribution in [3.8, 4) is 11.6 Å². The Hall–Kier alpha value is -3.25. The molecule has 0 radical (unpaired) electrons. The normalized spacial score (nSPS) is 15.1. The Bertz CT molecular complexity index is 1310. The Morgan fingerprint density at radius 3 is 2.56 bits per heavy atom. The third-order valence-electron chi connectivity index (χ3n) is 4.75. The molecule has 0 saturated carbocycles. The molecule has 0 saturated heterocycles. The zero-order valence-corrected chi connectivity index (χ0v) is 15.2. The van der Waals surface area contributed by atoms with E-state index in [-0.39, 0.29) is 16.2 Å². The monoisotopic (exact) mass is 374 g/mol. The van der Waals surface area contributed by atoms with E-state index in [1.54, 1.807) is 6.92 Å². The quantitative estimate of drug-likeness (QED) is 0.482. The predicted molar refractivity (Wildman–Crippen MR) is 105 cm³/mol. The highest BCUT2D eigenvalue weighted by Gasteiger charge is 2.36. The molecule has 2 aromatic heterocycles. The van der Waals surface area contributed by atoms with Crippen molar-refractivity contribution >= 4 is 21.4 Å². The molecule has 1 aliphatic rings. The number of nitrogens with zero attached hydrogens (tertiary/aromatic N) is 1. The van der Waals surface area contributed by atoms with Gasteiger partial charge in [-0.25, -0.2) is 0 Å². The standard InChI is InChI=1S/C21H14N2O3S/c1-11-22-19(24)17-15(12-7-3-2-4-8-12)16-18(26-20(17)23-11)13-9-5-6-10-14(13)27-21(16)25/h2-10,15H,1H3,(H,22,23,24). The van der Waals surface area contributed by atoms with Crippen molar-refractivity contribution in [2.75, 3.05) is 0 Å². The second kappa shape index (κ2) is 5.89. The number of benzene rings is 2. The number of rotatable bonds is 1. The summed E-state index contributed by atoms with van der Waals surface area (Å²) in [5.74, 6) is 0.709. The highest BCUT2D eigenvalue weighted by atomic mass is 32.1. The topological polar surface area (TPSA) is 72.0 Å². The predicted octanol–water partition coefficient (Wildman–Crippen LogP) is 3.94. The molecule has 2 aromatic carbocycles. The Morgan fingerprint density at radius 2 is 1.74 bits per heavy atom. The molecule has 27 heavy (non-hydrogen) atoms. The number of fused-ring (bicyclic) bond motifs is 4. The van der Waals surface area contributed by atoms with Gasteiger partial charge in [-0.05, 0) is 24.6 Å². The summed E-state index contributed by atoms with van der Waals surface area (Å²) in [6.45, 7) is 1.71. The molecule has 0 bridgehead atoms. The fraction of sp³-hybridized carbons (Fsp3) is 0.0952. The highest BCUT2D eigenvalue weighted by Crippen LogP contribution is 2.46. The van der Waals surface area contributed by atoms with Crippen molar-refractivity contribution in [3.63, 3.8) is 0 Å². The average molecular weight is 374 g/mol. The molecular weight excluding hydrogens is 360 g/mol. The van der Waals surface area contributed by atoms with E-state index >= 15 is 0 Å². The third-order valence-corrected chi connectivity index (χ3v) is 5.73. The summed E-state index contributed by atoms with van der Waals surface area (Å²) in [6, 6.07) is 17.2. The van der Waals surface area contributed by atoms with E-state index in [4.69, 9.17) is 4.74 Å². The molecule has 1 atom stereocenters. The zero-order valence-electron chi connectivity index (χ0n) is 14.4. The third kappa shape index (κ3) is 2.41. The molecule has 0 spiro atoms. The van der Waals surface area contributed by atoms with Gasteiger partial charge in [-0.1, -0.05) is 53.8 Å². The van der Waals surface area contributed by atoms with E-state index in [9.17, 15) is 9.59 Å². The average Bonchev–Trinajstić information content (AvgIpc) is 2.67. The highest BCUT2D eigenvalue weighted by molar-refractivity contribution is 7.16. The maximum Gasteiger partial charge on any atom is 0.258 e. The molecule has 5 nitrogen and oxygen atoms in total. The van der Waals surface area contributed by atoms with Gasteiger partial charge in [0, 0.05) is 10.1 Å². The Balaban J connectivity index is 1.93. The minimum atomic E-state index is -0.518. The lowest BCUT2D eigenvalue weighted by Gasteiger charge is -2.27. The molecule has 1 unspecified atom stereocenters. The second-order valence-corrected chi connectivity index (χ2v) is 7.46. The number of aromatic nitrogens is 2. The molecule has 4 aromatic rings. The van der Waals surface area contributed by atoms with Crippen LogP contribution < -0.4 is 15.0 Å². The first-order valence-electron chi connectivity index (χ1n) is 8.53. The number of nitrogens with one attached hydrogen (secondary N) is 1. The summed E-state index contributed by atoms with van der Waals surface area (Å²) in [5, 5.41) is 0.850. The van der Waals surface area contributed by atoms with Crippen molar-refractivity contribution in [3.05, 3.63) is 97.0 Å². The summed E-state index contributed by atoms with van der Waals surface area (Å²) in [7, 11) is 0. The van der Waals surface area contributed by atoms with E-state index in [1.807, 2.05) is 54.6 Å². The molecular formula is C21H14N2O3S. The zero-order chi connectivity index (χ0) is 18.5. The SMILES string of the molecule is Cc1nc2c(c(=O)[nH]1)C(c1ccccc1)c1c(c3ccccc3sc1=O)O2. The van der Waals surface area contributed by atoms with E-state index in [0.29, 0.717) is 22.7 Å². The smallest absolute Gasteiger partial charge is 0.258 e. The summed E-state index contributed by atoms with van der Waals surface area (Å²) in [4.78, 5) is 33.0. The van der Waals surface area contributed by atoms with E-state index in [0.717, 1.165) is 15.6 Å². The maximum absolute atomic E-state index is 13.1. The molecule has 132 valence electrons. The van der Waals surface area contributed by atoms with Crippen LogP contribution in [0.1, 0.15) is 28.4 Å². The van der Waals surface area contributed by atoms with E-state index < -0.39 is 5.92 Å². The van der Waals surface area contributed by atoms with Crippen molar-refractivity contribution in [1.29, 1.82) is 0 Å². The lowest BCUT2D eigenvalue weighted by Crippen LogP contribution is -2.28. The molecule has 0 amide bonds. The van der Waals surface area contributed by atoms with Gasteiger partial charge in [-0.15, -0.1) is 0 Å². The molecule has 6 heteroatoms. The lowest BCUT2D eigenvalue weighted by atomic mass is 9.85. The van der Waals surface area contributed by atoms with Crippen LogP contribution in [0.25, 0.3) is 10.1 Å². The van der Waals surface area contributed by atoms with Crippen LogP contribution in [0.3, 0.4) is 0 Å². The van der Waals surface area contributed by atoms with Gasteiger partial charge >= 0.3 is 0 Å². The fourth-order valence-electron chi connectivity index (χ4n) is 3.62. The summed E-state index contributed by atoms with van der Waals surface area (Å²) in [5.41, 5.74) is 1.45. The molecule has 1 N–H and O–H groups in total. The Morgan fingerprint density at radius 1 is 1.00 bits per heavy atom. The molecule has 5 rings (SSSR count). The summed E-state index contributed by atoms with van der Waals surface area (Å²) >= 11 is 1.17. The van der Waals surface area contributed by atoms with Crippen LogP contribution >= 0.6 is 11.3 Å². The number of hydrogen-bond donors (Lipinski definition) is 1. The number of aromatic amines is 1. The second-order valence-electron chi connectivity index (χ2n) is 6.44. The van der Waals surface area contributed by atoms with Crippen molar-refractivity contribution < 1.29 is 4.74 Å². The summed E-state index contributed by atoms with van der Waals surface area (Å²) in [6.07, 6.45) is 0. The Labute approximate surface area is 157 Å². The van der Waals surface area contributed by atoms with Gasteiger partial charge in [0.1, 0.15) is 11.6 Å². The maximum atomic E-state index is 13.1. The van der Waals surface area contributed by atoms with Crippen molar-refractivity contribution in [2.45, 2.75) is 12.8 Å². The van der Waals surface area contributed by atoms with Gasteiger partial charge in [0.15, 0.2) is 0 Å². The first-order chi connectivity index (χ1) is 13.1. The first-order valence-corrected chi connectivity index (χ1v) is 9.34. The van der Waals surface area contributed by atoms with Gasteiger partial charge in [0.25, 0.3) is 5.56 Å². The van der Waals surface area contributed by atoms with E-state index in [2.05, 4.69) is 9.97 Å². The van der Waals surface area contributed by atoms with Crippen LogP contribution in [-0.2, 0) is 0 Å². The van der Waals surface area contributed by atoms with Gasteiger partial charge in [-0.3, -0.25) is 9.59 Å². The molecule has 0 aliphatic carbocycles. The van der Waals surface area contributed by atoms with Crippen LogP contribution in [-0.4, -0.2) is 9.97 Å². The number of hydrogen-bond acceptors (Lipinski definition) is 5. The van der Waals surface area contributed by atoms with Gasteiger partial charge in [0.2, 0.25) is 10.6 Å². The van der Waals surface area contributed by atoms with E-state index in [1.165, 1.54) is 11.3 Å². The minimum absolute atomic E-state index is 0.108.